The number of methoxy groups -OCH3 is 1. The molecule has 2 aliphatic rings. The molecule has 116 valence electrons. The summed E-state index contributed by atoms with van der Waals surface area (Å²) in [5.41, 5.74) is 1.08. The maximum absolute atomic E-state index is 6.16. The standard InChI is InChI=1S/C14H20ClN3O2S/c1-19-8-9-21-14(2-3-14)11-10-12(17-13(15)16-11)18-4-6-20-7-5-18/h10H,2-9H2,1H3/p+1. The average molecular weight is 331 g/mol. The van der Waals surface area contributed by atoms with Crippen molar-refractivity contribution in [3.63, 3.8) is 0 Å². The summed E-state index contributed by atoms with van der Waals surface area (Å²) in [4.78, 5) is 11.1. The molecule has 1 aromatic heterocycles. The van der Waals surface area contributed by atoms with Crippen molar-refractivity contribution in [2.45, 2.75) is 17.6 Å². The molecule has 7 heteroatoms. The van der Waals surface area contributed by atoms with Gasteiger partial charge in [0.25, 0.3) is 0 Å². The van der Waals surface area contributed by atoms with Crippen molar-refractivity contribution in [2.24, 2.45) is 0 Å². The van der Waals surface area contributed by atoms with Gasteiger partial charge in [-0.15, -0.1) is 0 Å². The number of thiol groups is 1. The number of aromatic nitrogens is 2. The molecule has 1 aromatic rings. The van der Waals surface area contributed by atoms with Crippen LogP contribution in [0.3, 0.4) is 0 Å². The lowest BCUT2D eigenvalue weighted by atomic mass is 10.2. The number of morpholine rings is 1. The molecule has 0 amide bonds. The molecule has 2 fully saturated rings. The summed E-state index contributed by atoms with van der Waals surface area (Å²) in [5, 5.41) is 0.349. The minimum atomic E-state index is 0.173. The second-order valence-corrected chi connectivity index (χ2v) is 7.34. The molecule has 0 aromatic carbocycles. The summed E-state index contributed by atoms with van der Waals surface area (Å²) in [6, 6.07) is 2.12. The second-order valence-electron chi connectivity index (χ2n) is 5.39. The SMILES string of the molecule is COCC[SH+]C1(c2cc(N3CCOCC3)nc(Cl)n2)CC1. The third-order valence-electron chi connectivity index (χ3n) is 3.93. The van der Waals surface area contributed by atoms with E-state index in [-0.39, 0.29) is 4.75 Å². The van der Waals surface area contributed by atoms with Crippen LogP contribution in [0.1, 0.15) is 18.5 Å². The van der Waals surface area contributed by atoms with Crippen molar-refractivity contribution in [3.05, 3.63) is 17.0 Å². The van der Waals surface area contributed by atoms with E-state index in [0.29, 0.717) is 5.28 Å². The van der Waals surface area contributed by atoms with Crippen molar-refractivity contribution in [1.29, 1.82) is 0 Å². The minimum absolute atomic E-state index is 0.173. The number of nitrogens with zero attached hydrogens (tertiary/aromatic N) is 3. The molecular formula is C14H21ClN3O2S+. The Bertz CT molecular complexity index is 493. The van der Waals surface area contributed by atoms with Crippen molar-refractivity contribution in [2.75, 3.05) is 50.7 Å². The summed E-state index contributed by atoms with van der Waals surface area (Å²) in [6.45, 7) is 4.00. The maximum atomic E-state index is 6.16. The summed E-state index contributed by atoms with van der Waals surface area (Å²) in [7, 11) is 1.74. The summed E-state index contributed by atoms with van der Waals surface area (Å²) >= 11 is 7.53. The van der Waals surface area contributed by atoms with Crippen LogP contribution in [0.25, 0.3) is 0 Å². The van der Waals surface area contributed by atoms with Crippen molar-refractivity contribution >= 4 is 29.2 Å². The van der Waals surface area contributed by atoms with Crippen molar-refractivity contribution in [1.82, 2.24) is 9.97 Å². The van der Waals surface area contributed by atoms with Gasteiger partial charge in [-0.1, -0.05) is 0 Å². The molecule has 0 bridgehead atoms. The van der Waals surface area contributed by atoms with Crippen LogP contribution in [0.5, 0.6) is 0 Å². The lowest BCUT2D eigenvalue weighted by molar-refractivity contribution is 0.122. The highest BCUT2D eigenvalue weighted by molar-refractivity contribution is 7.79. The van der Waals surface area contributed by atoms with Gasteiger partial charge in [-0.3, -0.25) is 0 Å². The Balaban J connectivity index is 1.77. The normalized spacial score (nSPS) is 20.6. The van der Waals surface area contributed by atoms with Gasteiger partial charge in [0.2, 0.25) is 5.28 Å². The van der Waals surface area contributed by atoms with Gasteiger partial charge in [0.05, 0.1) is 19.8 Å². The minimum Gasteiger partial charge on any atom is -0.380 e. The molecule has 1 saturated heterocycles. The number of ether oxygens (including phenoxy) is 2. The third kappa shape index (κ3) is 3.62. The Morgan fingerprint density at radius 1 is 1.38 bits per heavy atom. The van der Waals surface area contributed by atoms with Gasteiger partial charge >= 0.3 is 0 Å². The molecule has 5 nitrogen and oxygen atoms in total. The van der Waals surface area contributed by atoms with Gasteiger partial charge < -0.3 is 14.4 Å². The summed E-state index contributed by atoms with van der Waals surface area (Å²) in [6.07, 6.45) is 2.35. The third-order valence-corrected chi connectivity index (χ3v) is 5.79. The molecule has 2 heterocycles. The summed E-state index contributed by atoms with van der Waals surface area (Å²) in [5.74, 6) is 1.96. The first-order valence-corrected chi connectivity index (χ1v) is 8.75. The molecule has 1 saturated carbocycles. The van der Waals surface area contributed by atoms with Crippen LogP contribution in [-0.4, -0.2) is 55.7 Å². The first-order chi connectivity index (χ1) is 10.2. The van der Waals surface area contributed by atoms with E-state index in [4.69, 9.17) is 21.1 Å². The fourth-order valence-corrected chi connectivity index (χ4v) is 4.15. The number of rotatable bonds is 6. The molecule has 0 N–H and O–H groups in total. The Hall–Kier alpha value is -0.560. The van der Waals surface area contributed by atoms with E-state index in [1.54, 1.807) is 7.11 Å². The van der Waals surface area contributed by atoms with Crippen LogP contribution in [0.15, 0.2) is 6.07 Å². The highest BCUT2D eigenvalue weighted by Crippen LogP contribution is 2.49. The molecule has 3 rings (SSSR count). The van der Waals surface area contributed by atoms with E-state index in [1.165, 1.54) is 24.6 Å². The quantitative estimate of drug-likeness (QED) is 0.342. The van der Waals surface area contributed by atoms with E-state index in [9.17, 15) is 0 Å². The molecule has 0 radical (unpaired) electrons. The zero-order chi connectivity index (χ0) is 14.7. The van der Waals surface area contributed by atoms with Crippen LogP contribution in [0.2, 0.25) is 5.28 Å². The fourth-order valence-electron chi connectivity index (χ4n) is 2.56. The lowest BCUT2D eigenvalue weighted by Gasteiger charge is -2.28. The molecule has 0 atom stereocenters. The van der Waals surface area contributed by atoms with E-state index >= 15 is 0 Å². The Labute approximate surface area is 134 Å². The first kappa shape index (κ1) is 15.3. The van der Waals surface area contributed by atoms with Gasteiger partial charge in [-0.2, -0.15) is 0 Å². The van der Waals surface area contributed by atoms with E-state index in [1.807, 2.05) is 0 Å². The summed E-state index contributed by atoms with van der Waals surface area (Å²) < 4.78 is 10.7. The smallest absolute Gasteiger partial charge is 0.224 e. The Morgan fingerprint density at radius 3 is 2.81 bits per heavy atom. The number of hydrogen-bond donors (Lipinski definition) is 0. The highest BCUT2D eigenvalue weighted by atomic mass is 35.5. The largest absolute Gasteiger partial charge is 0.380 e. The van der Waals surface area contributed by atoms with Gasteiger partial charge in [-0.25, -0.2) is 9.97 Å². The van der Waals surface area contributed by atoms with Crippen LogP contribution in [0, 0.1) is 0 Å². The molecule has 0 spiro atoms. The number of halogens is 1. The van der Waals surface area contributed by atoms with E-state index < -0.39 is 0 Å². The lowest BCUT2D eigenvalue weighted by Crippen LogP contribution is -2.37. The van der Waals surface area contributed by atoms with Gasteiger partial charge in [0.15, 0.2) is 4.75 Å². The monoisotopic (exact) mass is 330 g/mol. The fraction of sp³-hybridized carbons (Fsp3) is 0.714. The maximum Gasteiger partial charge on any atom is 0.224 e. The molecule has 0 unspecified atom stereocenters. The molecule has 1 aliphatic heterocycles. The molecule has 21 heavy (non-hydrogen) atoms. The zero-order valence-corrected chi connectivity index (χ0v) is 13.9. The second kappa shape index (κ2) is 6.69. The van der Waals surface area contributed by atoms with Crippen LogP contribution in [-0.2, 0) is 26.0 Å². The van der Waals surface area contributed by atoms with Crippen LogP contribution in [0.4, 0.5) is 5.82 Å². The molecule has 1 aliphatic carbocycles. The van der Waals surface area contributed by atoms with Crippen LogP contribution < -0.4 is 4.90 Å². The Kier molecular flexibility index (Phi) is 4.88. The predicted octanol–water partition coefficient (Wildman–Crippen LogP) is 1.42. The topological polar surface area (TPSA) is 47.5 Å². The highest BCUT2D eigenvalue weighted by Gasteiger charge is 2.54. The number of hydrogen-bond acceptors (Lipinski definition) is 5. The van der Waals surface area contributed by atoms with Gasteiger partial charge in [0.1, 0.15) is 17.3 Å². The van der Waals surface area contributed by atoms with Crippen molar-refractivity contribution in [3.8, 4) is 0 Å². The van der Waals surface area contributed by atoms with E-state index in [0.717, 1.165) is 50.2 Å². The van der Waals surface area contributed by atoms with Crippen LogP contribution >= 0.6 is 11.6 Å². The Morgan fingerprint density at radius 2 is 2.14 bits per heavy atom. The first-order valence-electron chi connectivity index (χ1n) is 7.29. The van der Waals surface area contributed by atoms with Crippen molar-refractivity contribution < 1.29 is 9.47 Å². The number of anilines is 1. The van der Waals surface area contributed by atoms with E-state index in [2.05, 4.69) is 20.9 Å². The van der Waals surface area contributed by atoms with Gasteiger partial charge in [-0.05, 0) is 23.4 Å². The molecular weight excluding hydrogens is 310 g/mol. The van der Waals surface area contributed by atoms with Gasteiger partial charge in [0, 0.05) is 39.1 Å². The predicted molar refractivity (Wildman–Crippen MR) is 86.5 cm³/mol. The average Bonchev–Trinajstić information content (AvgIpc) is 3.29. The zero-order valence-electron chi connectivity index (χ0n) is 12.2.